The first-order chi connectivity index (χ1) is 30.5. The molecule has 0 saturated heterocycles. The van der Waals surface area contributed by atoms with Crippen LogP contribution in [0.25, 0.3) is 11.5 Å². The number of aliphatic hydroxyl groups is 2. The SMILES string of the molecule is C.C/C=C\C.C=C.C=C=C(O)CC(C)(C)C=O.CC(C)C1=C2C3CCC4C5(C)CCC(C)C5CCC4(C)C3CCC2(c2nnc(-c3ccc(Cl)cc3Cl)o2)CC1=O.CCC(C)(C)C=O.CO. The van der Waals surface area contributed by atoms with Gasteiger partial charge in [-0.05, 0) is 147 Å². The molecule has 2 N–H and O–H groups in total. The number of hydrogen-bond donors (Lipinski definition) is 2. The van der Waals surface area contributed by atoms with Crippen LogP contribution < -0.4 is 0 Å². The van der Waals surface area contributed by atoms with Crippen LogP contribution in [-0.2, 0) is 19.8 Å². The number of allylic oxidation sites excluding steroid dienone is 5. The third-order valence-corrected chi connectivity index (χ3v) is 16.0. The number of carbonyl (C=O) groups is 3. The number of aldehydes is 2. The Morgan fingerprint density at radius 1 is 0.924 bits per heavy atom. The molecule has 5 aliphatic carbocycles. The standard InChI is InChI=1S/C34H42Cl2N2O2.C8H12O2.C6H12O.C4H8.C2H4.CH4O.CH4/c1-18(2)28-26(39)17-34(31-38-37-30(40-31)22-7-6-20(35)16-25(22)36)15-12-24-21(29(28)34)8-9-27-32(4)13-10-19(3)23(32)11-14-33(24,27)5;1-4-7(10)5-8(2,3)6-9;1-4-6(2,3)5-7;1-3-4-2;2*1-2;/h6-7,16,18-19,21,23-24,27H,8-15,17H2,1-5H3;6,10H,1,5H2,2-3H3;5H,4H2,1-3H3;3-4H,1-2H3;1-2H2;2H,1H3;1H4/b;;;4-3-;;;. The van der Waals surface area contributed by atoms with E-state index in [0.717, 1.165) is 62.3 Å². The maximum Gasteiger partial charge on any atom is 0.249 e. The maximum atomic E-state index is 13.8. The highest BCUT2D eigenvalue weighted by atomic mass is 35.5. The zero-order valence-electron chi connectivity index (χ0n) is 42.1. The number of Topliss-reactive ketones (excluding diaryl/α,β-unsaturated/α-hetero) is 1. The lowest BCUT2D eigenvalue weighted by molar-refractivity contribution is -0.131. The largest absolute Gasteiger partial charge is 0.505 e. The van der Waals surface area contributed by atoms with Gasteiger partial charge in [0.2, 0.25) is 11.8 Å². The Balaban J connectivity index is 0.000000697. The highest BCUT2D eigenvalue weighted by Crippen LogP contribution is 2.72. The Kier molecular flexibility index (Phi) is 23.6. The van der Waals surface area contributed by atoms with Crippen molar-refractivity contribution in [3.8, 4) is 11.5 Å². The summed E-state index contributed by atoms with van der Waals surface area (Å²) in [4.78, 5) is 34.2. The fraction of sp³-hybridized carbons (Fsp3) is 0.643. The van der Waals surface area contributed by atoms with Gasteiger partial charge in [0, 0.05) is 35.8 Å². The molecular formula is C56H86Cl2N2O6. The second kappa shape index (κ2) is 25.7. The minimum atomic E-state index is -0.505. The van der Waals surface area contributed by atoms with Crippen molar-refractivity contribution in [1.29, 1.82) is 0 Å². The van der Waals surface area contributed by atoms with Gasteiger partial charge in [0.25, 0.3) is 0 Å². The average molecular weight is 954 g/mol. The summed E-state index contributed by atoms with van der Waals surface area (Å²) < 4.78 is 6.47. The van der Waals surface area contributed by atoms with Gasteiger partial charge >= 0.3 is 0 Å². The van der Waals surface area contributed by atoms with Gasteiger partial charge in [-0.15, -0.1) is 23.4 Å². The number of fused-ring (bicyclic) bond motifs is 7. The molecule has 1 aromatic heterocycles. The van der Waals surface area contributed by atoms with Crippen molar-refractivity contribution in [2.75, 3.05) is 7.11 Å². The molecular weight excluding hydrogens is 868 g/mol. The summed E-state index contributed by atoms with van der Waals surface area (Å²) in [6.45, 7) is 34.7. The van der Waals surface area contributed by atoms with Gasteiger partial charge in [0.15, 0.2) is 5.78 Å². The molecule has 10 heteroatoms. The van der Waals surface area contributed by atoms with Crippen molar-refractivity contribution in [1.82, 2.24) is 10.2 Å². The predicted molar refractivity (Wildman–Crippen MR) is 276 cm³/mol. The molecule has 8 unspecified atom stereocenters. The van der Waals surface area contributed by atoms with Crippen molar-refractivity contribution >= 4 is 41.6 Å². The molecule has 0 spiro atoms. The topological polar surface area (TPSA) is 131 Å². The van der Waals surface area contributed by atoms with Gasteiger partial charge in [-0.2, -0.15) is 0 Å². The fourth-order valence-corrected chi connectivity index (χ4v) is 12.3. The molecule has 5 aliphatic rings. The van der Waals surface area contributed by atoms with Crippen molar-refractivity contribution in [3.05, 3.63) is 88.7 Å². The van der Waals surface area contributed by atoms with Crippen LogP contribution >= 0.6 is 23.2 Å². The number of benzene rings is 1. The minimum Gasteiger partial charge on any atom is -0.505 e. The number of carbonyl (C=O) groups excluding carboxylic acids is 3. The van der Waals surface area contributed by atoms with Crippen LogP contribution in [0.1, 0.15) is 167 Å². The quantitative estimate of drug-likeness (QED) is 0.116. The van der Waals surface area contributed by atoms with Gasteiger partial charge in [0.05, 0.1) is 16.0 Å². The maximum absolute atomic E-state index is 13.8. The zero-order chi connectivity index (χ0) is 49.7. The lowest BCUT2D eigenvalue weighted by Crippen LogP contribution is -2.57. The summed E-state index contributed by atoms with van der Waals surface area (Å²) >= 11 is 12.7. The van der Waals surface area contributed by atoms with E-state index in [1.165, 1.54) is 44.1 Å². The van der Waals surface area contributed by atoms with Crippen LogP contribution in [0.2, 0.25) is 10.0 Å². The Bertz CT molecular complexity index is 2020. The van der Waals surface area contributed by atoms with Gasteiger partial charge < -0.3 is 24.2 Å². The van der Waals surface area contributed by atoms with E-state index in [0.29, 0.717) is 62.9 Å². The van der Waals surface area contributed by atoms with Crippen LogP contribution in [0.15, 0.2) is 77.1 Å². The van der Waals surface area contributed by atoms with Crippen LogP contribution in [0.4, 0.5) is 0 Å². The van der Waals surface area contributed by atoms with Crippen LogP contribution in [0, 0.1) is 57.2 Å². The second-order valence-electron chi connectivity index (χ2n) is 20.8. The van der Waals surface area contributed by atoms with E-state index in [1.807, 2.05) is 52.8 Å². The number of nitrogens with zero attached hydrogens (tertiary/aromatic N) is 2. The average Bonchev–Trinajstić information content (AvgIpc) is 3.99. The molecule has 66 heavy (non-hydrogen) atoms. The summed E-state index contributed by atoms with van der Waals surface area (Å²) in [6.07, 6.45) is 17.4. The third-order valence-electron chi connectivity index (χ3n) is 15.5. The van der Waals surface area contributed by atoms with Crippen molar-refractivity contribution in [3.63, 3.8) is 0 Å². The Labute approximate surface area is 409 Å². The van der Waals surface area contributed by atoms with E-state index >= 15 is 0 Å². The smallest absolute Gasteiger partial charge is 0.249 e. The molecule has 1 aromatic carbocycles. The lowest BCUT2D eigenvalue weighted by atomic mass is 9.40. The molecule has 8 nitrogen and oxygen atoms in total. The number of aromatic nitrogens is 2. The number of rotatable bonds is 8. The molecule has 4 saturated carbocycles. The first-order valence-electron chi connectivity index (χ1n) is 23.6. The number of ketones is 1. The minimum absolute atomic E-state index is 0. The zero-order valence-corrected chi connectivity index (χ0v) is 43.6. The first kappa shape index (κ1) is 60.5. The summed E-state index contributed by atoms with van der Waals surface area (Å²) in [7, 11) is 1.00. The van der Waals surface area contributed by atoms with E-state index in [2.05, 4.69) is 70.3 Å². The molecule has 4 fully saturated rings. The first-order valence-corrected chi connectivity index (χ1v) is 24.4. The van der Waals surface area contributed by atoms with Gasteiger partial charge in [0.1, 0.15) is 18.3 Å². The van der Waals surface area contributed by atoms with Crippen LogP contribution in [0.5, 0.6) is 0 Å². The Morgan fingerprint density at radius 3 is 1.98 bits per heavy atom. The highest BCUT2D eigenvalue weighted by Gasteiger charge is 2.66. The van der Waals surface area contributed by atoms with Crippen molar-refractivity contribution in [2.24, 2.45) is 57.2 Å². The summed E-state index contributed by atoms with van der Waals surface area (Å²) in [6, 6.07) is 5.32. The van der Waals surface area contributed by atoms with Crippen LogP contribution in [0.3, 0.4) is 0 Å². The Morgan fingerprint density at radius 2 is 1.48 bits per heavy atom. The number of halogens is 2. The monoisotopic (exact) mass is 953 g/mol. The van der Waals surface area contributed by atoms with E-state index in [9.17, 15) is 14.4 Å². The second-order valence-corrected chi connectivity index (χ2v) is 21.6. The summed E-state index contributed by atoms with van der Waals surface area (Å²) in [5.74, 6) is 5.02. The van der Waals surface area contributed by atoms with Gasteiger partial charge in [-0.3, -0.25) is 4.79 Å². The van der Waals surface area contributed by atoms with Gasteiger partial charge in [-0.25, -0.2) is 0 Å². The van der Waals surface area contributed by atoms with E-state index in [4.69, 9.17) is 37.8 Å². The normalized spacial score (nSPS) is 28.1. The summed E-state index contributed by atoms with van der Waals surface area (Å²) in [5, 5.41) is 26.1. The molecule has 0 radical (unpaired) electrons. The molecule has 0 bridgehead atoms. The highest BCUT2D eigenvalue weighted by molar-refractivity contribution is 6.36. The molecule has 7 rings (SSSR count). The van der Waals surface area contributed by atoms with Gasteiger partial charge in [-0.1, -0.05) is 124 Å². The predicted octanol–water partition coefficient (Wildman–Crippen LogP) is 15.6. The van der Waals surface area contributed by atoms with Crippen molar-refractivity contribution in [2.45, 2.75) is 167 Å². The third kappa shape index (κ3) is 13.2. The number of aliphatic hydroxyl groups excluding tert-OH is 2. The Hall–Kier alpha value is -3.55. The van der Waals surface area contributed by atoms with Crippen molar-refractivity contribution < 1.29 is 29.0 Å². The van der Waals surface area contributed by atoms with E-state index in [1.54, 1.807) is 26.0 Å². The molecule has 8 atom stereocenters. The summed E-state index contributed by atoms with van der Waals surface area (Å²) in [5.41, 5.74) is 5.09. The molecule has 1 heterocycles. The van der Waals surface area contributed by atoms with E-state index < -0.39 is 10.8 Å². The van der Waals surface area contributed by atoms with Crippen LogP contribution in [-0.4, -0.2) is 45.9 Å². The molecule has 0 aliphatic heterocycles. The number of hydrogen-bond acceptors (Lipinski definition) is 8. The lowest BCUT2D eigenvalue weighted by Gasteiger charge is -2.64. The molecule has 370 valence electrons. The van der Waals surface area contributed by atoms with E-state index in [-0.39, 0.29) is 30.3 Å². The fourth-order valence-electron chi connectivity index (χ4n) is 11.8. The molecule has 2 aromatic rings. The molecule has 0 amide bonds.